The highest BCUT2D eigenvalue weighted by Gasteiger charge is 2.26. The summed E-state index contributed by atoms with van der Waals surface area (Å²) in [6.45, 7) is 0.492. The molecule has 0 atom stereocenters. The molecule has 2 aromatic heterocycles. The van der Waals surface area contributed by atoms with Gasteiger partial charge in [0, 0.05) is 13.2 Å². The first kappa shape index (κ1) is 9.83. The molecule has 1 N–H and O–H groups in total. The highest BCUT2D eigenvalue weighted by Crippen LogP contribution is 2.29. The maximum absolute atomic E-state index is 11.0. The molecule has 3 heterocycles. The lowest BCUT2D eigenvalue weighted by Crippen LogP contribution is -2.27. The van der Waals surface area contributed by atoms with E-state index in [0.29, 0.717) is 12.2 Å². The van der Waals surface area contributed by atoms with Crippen LogP contribution in [0.5, 0.6) is 0 Å². The van der Waals surface area contributed by atoms with Crippen LogP contribution in [0.3, 0.4) is 0 Å². The fourth-order valence-corrected chi connectivity index (χ4v) is 2.08. The smallest absolute Gasteiger partial charge is 0.356 e. The summed E-state index contributed by atoms with van der Waals surface area (Å²) >= 11 is 0. The van der Waals surface area contributed by atoms with Crippen molar-refractivity contribution in [2.75, 3.05) is 11.9 Å². The van der Waals surface area contributed by atoms with Gasteiger partial charge in [0.1, 0.15) is 6.33 Å². The van der Waals surface area contributed by atoms with Crippen molar-refractivity contribution in [3.05, 3.63) is 36.0 Å². The Morgan fingerprint density at radius 3 is 3.06 bits per heavy atom. The zero-order chi connectivity index (χ0) is 12.0. The van der Waals surface area contributed by atoms with Crippen molar-refractivity contribution in [3.63, 3.8) is 0 Å². The molecule has 0 amide bonds. The standard InChI is InChI=1S/C11H10N4O2/c1-14-5-8-9(11(16)17)13-6-15(8)7-3-2-4-12-10(7)14/h2-4,6H,5H2,1H3,(H,16,17). The second-order valence-corrected chi connectivity index (χ2v) is 3.92. The van der Waals surface area contributed by atoms with Gasteiger partial charge < -0.3 is 10.0 Å². The van der Waals surface area contributed by atoms with E-state index in [2.05, 4.69) is 9.97 Å². The van der Waals surface area contributed by atoms with Gasteiger partial charge in [0.25, 0.3) is 0 Å². The van der Waals surface area contributed by atoms with Gasteiger partial charge >= 0.3 is 5.97 Å². The quantitative estimate of drug-likeness (QED) is 0.788. The van der Waals surface area contributed by atoms with Crippen LogP contribution in [0.25, 0.3) is 5.69 Å². The zero-order valence-corrected chi connectivity index (χ0v) is 9.16. The third-order valence-electron chi connectivity index (χ3n) is 2.84. The Morgan fingerprint density at radius 1 is 1.47 bits per heavy atom. The Labute approximate surface area is 97.2 Å². The molecule has 86 valence electrons. The minimum absolute atomic E-state index is 0.103. The van der Waals surface area contributed by atoms with Crippen molar-refractivity contribution in [1.29, 1.82) is 0 Å². The molecule has 0 aliphatic carbocycles. The van der Waals surface area contributed by atoms with Crippen molar-refractivity contribution in [3.8, 4) is 5.69 Å². The topological polar surface area (TPSA) is 71.2 Å². The van der Waals surface area contributed by atoms with Gasteiger partial charge in [-0.2, -0.15) is 0 Å². The Bertz CT molecular complexity index is 605. The fourth-order valence-electron chi connectivity index (χ4n) is 2.08. The van der Waals surface area contributed by atoms with E-state index in [1.54, 1.807) is 10.8 Å². The van der Waals surface area contributed by atoms with Crippen molar-refractivity contribution < 1.29 is 9.90 Å². The molecule has 17 heavy (non-hydrogen) atoms. The first-order chi connectivity index (χ1) is 8.18. The molecule has 1 aliphatic rings. The number of fused-ring (bicyclic) bond motifs is 3. The number of nitrogens with zero attached hydrogens (tertiary/aromatic N) is 4. The van der Waals surface area contributed by atoms with Gasteiger partial charge in [0.05, 0.1) is 17.9 Å². The lowest BCUT2D eigenvalue weighted by molar-refractivity contribution is 0.0689. The Balaban J connectivity index is 2.26. The van der Waals surface area contributed by atoms with E-state index in [4.69, 9.17) is 5.11 Å². The predicted octanol–water partition coefficient (Wildman–Crippen LogP) is 0.915. The first-order valence-corrected chi connectivity index (χ1v) is 5.14. The van der Waals surface area contributed by atoms with Crippen LogP contribution in [0.4, 0.5) is 5.82 Å². The van der Waals surface area contributed by atoms with E-state index in [9.17, 15) is 4.79 Å². The number of pyridine rings is 1. The average Bonchev–Trinajstić information content (AvgIpc) is 2.73. The summed E-state index contributed by atoms with van der Waals surface area (Å²) in [5.74, 6) is -0.172. The van der Waals surface area contributed by atoms with Crippen LogP contribution in [0.2, 0.25) is 0 Å². The number of hydrogen-bond acceptors (Lipinski definition) is 4. The van der Waals surface area contributed by atoms with Crippen molar-refractivity contribution >= 4 is 11.8 Å². The summed E-state index contributed by atoms with van der Waals surface area (Å²) in [5, 5.41) is 9.05. The molecule has 0 saturated carbocycles. The maximum atomic E-state index is 11.0. The van der Waals surface area contributed by atoms with Crippen molar-refractivity contribution in [2.45, 2.75) is 6.54 Å². The summed E-state index contributed by atoms with van der Waals surface area (Å²) in [7, 11) is 1.88. The van der Waals surface area contributed by atoms with E-state index in [-0.39, 0.29) is 5.69 Å². The first-order valence-electron chi connectivity index (χ1n) is 5.14. The minimum Gasteiger partial charge on any atom is -0.476 e. The maximum Gasteiger partial charge on any atom is 0.356 e. The van der Waals surface area contributed by atoms with Gasteiger partial charge in [-0.1, -0.05) is 0 Å². The van der Waals surface area contributed by atoms with Crippen molar-refractivity contribution in [2.24, 2.45) is 0 Å². The van der Waals surface area contributed by atoms with Gasteiger partial charge in [-0.05, 0) is 12.1 Å². The summed E-state index contributed by atoms with van der Waals surface area (Å²) in [4.78, 5) is 21.2. The van der Waals surface area contributed by atoms with Gasteiger partial charge in [-0.25, -0.2) is 14.8 Å². The van der Waals surface area contributed by atoms with E-state index >= 15 is 0 Å². The zero-order valence-electron chi connectivity index (χ0n) is 9.16. The number of imidazole rings is 1. The minimum atomic E-state index is -1.00. The Hall–Kier alpha value is -2.37. The lowest BCUT2D eigenvalue weighted by atomic mass is 10.2. The molecule has 0 saturated heterocycles. The van der Waals surface area contributed by atoms with Gasteiger partial charge in [-0.15, -0.1) is 0 Å². The molecule has 6 heteroatoms. The molecule has 0 aromatic carbocycles. The number of rotatable bonds is 1. The molecular formula is C11H10N4O2. The van der Waals surface area contributed by atoms with Gasteiger partial charge in [-0.3, -0.25) is 4.57 Å². The van der Waals surface area contributed by atoms with Crippen LogP contribution in [-0.2, 0) is 6.54 Å². The lowest BCUT2D eigenvalue weighted by Gasteiger charge is -2.27. The number of aromatic carboxylic acids is 1. The van der Waals surface area contributed by atoms with Crippen LogP contribution in [-0.4, -0.2) is 32.7 Å². The highest BCUT2D eigenvalue weighted by atomic mass is 16.4. The molecule has 0 radical (unpaired) electrons. The number of carbonyl (C=O) groups is 1. The van der Waals surface area contributed by atoms with E-state index in [1.807, 2.05) is 24.1 Å². The Kier molecular flexibility index (Phi) is 1.91. The second kappa shape index (κ2) is 3.31. The molecule has 0 unspecified atom stereocenters. The van der Waals surface area contributed by atoms with Crippen LogP contribution in [0.15, 0.2) is 24.7 Å². The van der Waals surface area contributed by atoms with Crippen LogP contribution in [0.1, 0.15) is 16.2 Å². The number of carboxylic acid groups (broad SMARTS) is 1. The SMILES string of the molecule is CN1Cc2c(C(=O)O)ncn2-c2cccnc21. The second-order valence-electron chi connectivity index (χ2n) is 3.92. The number of carboxylic acids is 1. The molecule has 0 spiro atoms. The number of aromatic nitrogens is 3. The molecule has 1 aliphatic heterocycles. The van der Waals surface area contributed by atoms with Crippen molar-refractivity contribution in [1.82, 2.24) is 14.5 Å². The summed E-state index contributed by atoms with van der Waals surface area (Å²) in [6.07, 6.45) is 3.25. The highest BCUT2D eigenvalue weighted by molar-refractivity contribution is 5.87. The van der Waals surface area contributed by atoms with E-state index in [0.717, 1.165) is 11.5 Å². The fraction of sp³-hybridized carbons (Fsp3) is 0.182. The predicted molar refractivity (Wildman–Crippen MR) is 60.4 cm³/mol. The molecule has 3 rings (SSSR count). The Morgan fingerprint density at radius 2 is 2.29 bits per heavy atom. The third kappa shape index (κ3) is 1.30. The molecule has 6 nitrogen and oxygen atoms in total. The van der Waals surface area contributed by atoms with E-state index in [1.165, 1.54) is 6.33 Å². The summed E-state index contributed by atoms with van der Waals surface area (Å²) < 4.78 is 1.78. The number of hydrogen-bond donors (Lipinski definition) is 1. The largest absolute Gasteiger partial charge is 0.476 e. The summed E-state index contributed by atoms with van der Waals surface area (Å²) in [5.41, 5.74) is 1.64. The van der Waals surface area contributed by atoms with Gasteiger partial charge in [0.2, 0.25) is 0 Å². The molecule has 2 aromatic rings. The molecule has 0 bridgehead atoms. The monoisotopic (exact) mass is 230 g/mol. The average molecular weight is 230 g/mol. The van der Waals surface area contributed by atoms with Gasteiger partial charge in [0.15, 0.2) is 11.5 Å². The van der Waals surface area contributed by atoms with Crippen LogP contribution >= 0.6 is 0 Å². The normalized spacial score (nSPS) is 13.1. The van der Waals surface area contributed by atoms with Crippen LogP contribution < -0.4 is 4.90 Å². The van der Waals surface area contributed by atoms with Crippen LogP contribution in [0, 0.1) is 0 Å². The number of anilines is 1. The molecule has 0 fully saturated rings. The summed E-state index contributed by atoms with van der Waals surface area (Å²) in [6, 6.07) is 3.72. The molecular weight excluding hydrogens is 220 g/mol. The third-order valence-corrected chi connectivity index (χ3v) is 2.84. The van der Waals surface area contributed by atoms with E-state index < -0.39 is 5.97 Å².